The Morgan fingerprint density at radius 1 is 1.38 bits per heavy atom. The molecular formula is C15H17BrClFN2O. The van der Waals surface area contributed by atoms with Crippen molar-refractivity contribution in [2.75, 3.05) is 0 Å². The number of ether oxygens (including phenoxy) is 1. The number of hydrogen-bond donors (Lipinski definition) is 0. The third-order valence-electron chi connectivity index (χ3n) is 3.21. The van der Waals surface area contributed by atoms with Gasteiger partial charge in [-0.1, -0.05) is 13.0 Å². The van der Waals surface area contributed by atoms with E-state index in [9.17, 15) is 4.39 Å². The van der Waals surface area contributed by atoms with E-state index in [4.69, 9.17) is 16.3 Å². The maximum Gasteiger partial charge on any atom is 0.165 e. The van der Waals surface area contributed by atoms with E-state index in [1.807, 2.05) is 18.5 Å². The Hall–Kier alpha value is -1.07. The molecular weight excluding hydrogens is 359 g/mol. The molecule has 1 aromatic carbocycles. The smallest absolute Gasteiger partial charge is 0.165 e. The molecule has 1 heterocycles. The third kappa shape index (κ3) is 3.58. The van der Waals surface area contributed by atoms with E-state index in [1.165, 1.54) is 6.07 Å². The number of halogens is 3. The number of aryl methyl sites for hydroxylation is 2. The molecule has 0 unspecified atom stereocenters. The molecule has 0 N–H and O–H groups in total. The van der Waals surface area contributed by atoms with Gasteiger partial charge < -0.3 is 4.74 Å². The summed E-state index contributed by atoms with van der Waals surface area (Å²) < 4.78 is 22.3. The monoisotopic (exact) mass is 374 g/mol. The van der Waals surface area contributed by atoms with E-state index in [0.29, 0.717) is 0 Å². The van der Waals surface area contributed by atoms with Crippen molar-refractivity contribution in [3.8, 4) is 5.75 Å². The van der Waals surface area contributed by atoms with Gasteiger partial charge in [-0.25, -0.2) is 4.39 Å². The molecule has 21 heavy (non-hydrogen) atoms. The Balaban J connectivity index is 2.18. The van der Waals surface area contributed by atoms with E-state index >= 15 is 0 Å². The van der Waals surface area contributed by atoms with Crippen LogP contribution in [-0.2, 0) is 25.5 Å². The average Bonchev–Trinajstić information content (AvgIpc) is 2.81. The Bertz CT molecular complexity index is 630. The van der Waals surface area contributed by atoms with Gasteiger partial charge in [0.2, 0.25) is 0 Å². The van der Waals surface area contributed by atoms with Crippen molar-refractivity contribution in [1.29, 1.82) is 0 Å². The van der Waals surface area contributed by atoms with Crippen molar-refractivity contribution >= 4 is 27.5 Å². The second-order valence-electron chi connectivity index (χ2n) is 4.56. The summed E-state index contributed by atoms with van der Waals surface area (Å²) in [7, 11) is 0. The van der Waals surface area contributed by atoms with Crippen molar-refractivity contribution in [3.05, 3.63) is 45.4 Å². The first-order valence-electron chi connectivity index (χ1n) is 6.81. The summed E-state index contributed by atoms with van der Waals surface area (Å²) in [4.78, 5) is 0. The van der Waals surface area contributed by atoms with Gasteiger partial charge >= 0.3 is 0 Å². The number of benzene rings is 1. The molecule has 0 saturated carbocycles. The highest BCUT2D eigenvalue weighted by Gasteiger charge is 2.15. The first kappa shape index (κ1) is 16.3. The standard InChI is InChI=1S/C15H17BrClFN2O/c1-3-12-15(16)13(20(4-2)19-12)9-21-14-6-5-10(8-17)7-11(14)18/h5-7H,3-4,8-9H2,1-2H3. The number of hydrogen-bond acceptors (Lipinski definition) is 2. The van der Waals surface area contributed by atoms with Crippen molar-refractivity contribution in [1.82, 2.24) is 9.78 Å². The van der Waals surface area contributed by atoms with E-state index in [-0.39, 0.29) is 18.2 Å². The average molecular weight is 376 g/mol. The first-order chi connectivity index (χ1) is 10.1. The minimum Gasteiger partial charge on any atom is -0.484 e. The molecule has 0 saturated heterocycles. The highest BCUT2D eigenvalue weighted by atomic mass is 79.9. The zero-order valence-corrected chi connectivity index (χ0v) is 14.3. The van der Waals surface area contributed by atoms with E-state index in [1.54, 1.807) is 12.1 Å². The van der Waals surface area contributed by atoms with Crippen LogP contribution in [0.25, 0.3) is 0 Å². The molecule has 0 bridgehead atoms. The largest absolute Gasteiger partial charge is 0.484 e. The quantitative estimate of drug-likeness (QED) is 0.685. The van der Waals surface area contributed by atoms with Crippen molar-refractivity contribution in [2.24, 2.45) is 0 Å². The zero-order chi connectivity index (χ0) is 15.4. The summed E-state index contributed by atoms with van der Waals surface area (Å²) in [6, 6.07) is 4.76. The first-order valence-corrected chi connectivity index (χ1v) is 8.14. The van der Waals surface area contributed by atoms with Gasteiger partial charge in [-0.05, 0) is 47.0 Å². The molecule has 0 amide bonds. The van der Waals surface area contributed by atoms with Gasteiger partial charge in [0.25, 0.3) is 0 Å². The molecule has 0 radical (unpaired) electrons. The minimum absolute atomic E-state index is 0.220. The van der Waals surface area contributed by atoms with Gasteiger partial charge in [0, 0.05) is 12.4 Å². The van der Waals surface area contributed by atoms with Crippen LogP contribution in [0.2, 0.25) is 0 Å². The molecule has 6 heteroatoms. The molecule has 2 rings (SSSR count). The summed E-state index contributed by atoms with van der Waals surface area (Å²) >= 11 is 9.22. The van der Waals surface area contributed by atoms with Gasteiger partial charge in [0.05, 0.1) is 15.9 Å². The summed E-state index contributed by atoms with van der Waals surface area (Å²) in [6.45, 7) is 5.06. The predicted octanol–water partition coefficient (Wildman–Crippen LogP) is 4.68. The molecule has 1 aromatic heterocycles. The van der Waals surface area contributed by atoms with Gasteiger partial charge in [0.1, 0.15) is 6.61 Å². The highest BCUT2D eigenvalue weighted by molar-refractivity contribution is 9.10. The number of alkyl halides is 1. The topological polar surface area (TPSA) is 27.1 Å². The van der Waals surface area contributed by atoms with Crippen LogP contribution in [0.1, 0.15) is 30.8 Å². The van der Waals surface area contributed by atoms with E-state index in [0.717, 1.165) is 34.4 Å². The minimum atomic E-state index is -0.400. The van der Waals surface area contributed by atoms with Crippen LogP contribution >= 0.6 is 27.5 Å². The Kier molecular flexibility index (Phi) is 5.65. The maximum absolute atomic E-state index is 13.9. The SMILES string of the molecule is CCc1nn(CC)c(COc2ccc(CCl)cc2F)c1Br. The van der Waals surface area contributed by atoms with Crippen molar-refractivity contribution in [2.45, 2.75) is 39.3 Å². The van der Waals surface area contributed by atoms with Crippen LogP contribution in [0.4, 0.5) is 4.39 Å². The Labute approximate surface area is 137 Å². The van der Waals surface area contributed by atoms with Crippen LogP contribution in [0, 0.1) is 5.82 Å². The maximum atomic E-state index is 13.9. The van der Waals surface area contributed by atoms with Crippen LogP contribution in [0.15, 0.2) is 22.7 Å². The predicted molar refractivity (Wildman–Crippen MR) is 85.3 cm³/mol. The fraction of sp³-hybridized carbons (Fsp3) is 0.400. The molecule has 0 spiro atoms. The van der Waals surface area contributed by atoms with Gasteiger partial charge in [0.15, 0.2) is 11.6 Å². The lowest BCUT2D eigenvalue weighted by Gasteiger charge is -2.10. The molecule has 2 aromatic rings. The molecule has 0 aliphatic rings. The molecule has 0 atom stereocenters. The van der Waals surface area contributed by atoms with Crippen molar-refractivity contribution < 1.29 is 9.13 Å². The van der Waals surface area contributed by atoms with Gasteiger partial charge in [-0.15, -0.1) is 11.6 Å². The van der Waals surface area contributed by atoms with E-state index < -0.39 is 5.82 Å². The lowest BCUT2D eigenvalue weighted by molar-refractivity contribution is 0.277. The lowest BCUT2D eigenvalue weighted by atomic mass is 10.2. The lowest BCUT2D eigenvalue weighted by Crippen LogP contribution is -2.07. The zero-order valence-electron chi connectivity index (χ0n) is 12.0. The van der Waals surface area contributed by atoms with Gasteiger partial charge in [-0.3, -0.25) is 4.68 Å². The van der Waals surface area contributed by atoms with E-state index in [2.05, 4.69) is 21.0 Å². The summed E-state index contributed by atoms with van der Waals surface area (Å²) in [5.74, 6) is 0.103. The third-order valence-corrected chi connectivity index (χ3v) is 4.43. The highest BCUT2D eigenvalue weighted by Crippen LogP contribution is 2.25. The van der Waals surface area contributed by atoms with Crippen LogP contribution < -0.4 is 4.74 Å². The fourth-order valence-electron chi connectivity index (χ4n) is 2.05. The number of rotatable bonds is 6. The van der Waals surface area contributed by atoms with Crippen LogP contribution in [-0.4, -0.2) is 9.78 Å². The summed E-state index contributed by atoms with van der Waals surface area (Å²) in [5.41, 5.74) is 2.62. The molecule has 114 valence electrons. The number of nitrogens with zero attached hydrogens (tertiary/aromatic N) is 2. The number of aromatic nitrogens is 2. The second-order valence-corrected chi connectivity index (χ2v) is 5.62. The molecule has 0 aliphatic carbocycles. The summed E-state index contributed by atoms with van der Waals surface area (Å²) in [6.07, 6.45) is 0.833. The normalized spacial score (nSPS) is 10.9. The van der Waals surface area contributed by atoms with Crippen LogP contribution in [0.3, 0.4) is 0 Å². The van der Waals surface area contributed by atoms with Crippen LogP contribution in [0.5, 0.6) is 5.75 Å². The molecule has 0 fully saturated rings. The van der Waals surface area contributed by atoms with Gasteiger partial charge in [-0.2, -0.15) is 5.10 Å². The molecule has 3 nitrogen and oxygen atoms in total. The Morgan fingerprint density at radius 2 is 2.14 bits per heavy atom. The summed E-state index contributed by atoms with van der Waals surface area (Å²) in [5, 5.41) is 4.49. The fourth-order valence-corrected chi connectivity index (χ4v) is 2.89. The molecule has 0 aliphatic heterocycles. The van der Waals surface area contributed by atoms with Crippen molar-refractivity contribution in [3.63, 3.8) is 0 Å². The second kappa shape index (κ2) is 7.27. The Morgan fingerprint density at radius 3 is 2.71 bits per heavy atom.